The summed E-state index contributed by atoms with van der Waals surface area (Å²) in [5.74, 6) is 0.547. The first kappa shape index (κ1) is 23.7. The molecule has 0 spiro atoms. The van der Waals surface area contributed by atoms with E-state index in [1.807, 2.05) is 12.1 Å². The lowest BCUT2D eigenvalue weighted by Crippen LogP contribution is -2.19. The minimum absolute atomic E-state index is 0.177. The van der Waals surface area contributed by atoms with E-state index in [1.165, 1.54) is 0 Å². The van der Waals surface area contributed by atoms with Crippen LogP contribution in [-0.4, -0.2) is 40.5 Å². The molecule has 2 aromatic heterocycles. The predicted molar refractivity (Wildman–Crippen MR) is 117 cm³/mol. The summed E-state index contributed by atoms with van der Waals surface area (Å²) < 4.78 is 0. The van der Waals surface area contributed by atoms with Crippen molar-refractivity contribution in [1.29, 1.82) is 15.8 Å². The van der Waals surface area contributed by atoms with E-state index in [1.54, 1.807) is 27.7 Å². The van der Waals surface area contributed by atoms with E-state index < -0.39 is 12.2 Å². The number of hydrogen-bond donors (Lipinski definition) is 4. The Morgan fingerprint density at radius 1 is 0.903 bits per heavy atom. The number of aliphatic hydroxyl groups excluding tert-OH is 2. The highest BCUT2D eigenvalue weighted by molar-refractivity contribution is 7.16. The summed E-state index contributed by atoms with van der Waals surface area (Å²) in [5.41, 5.74) is 1.80. The Labute approximate surface area is 184 Å². The number of pyridine rings is 1. The zero-order valence-electron chi connectivity index (χ0n) is 17.6. The maximum Gasteiger partial charge on any atom is 0.158 e. The van der Waals surface area contributed by atoms with Crippen LogP contribution in [0.4, 0.5) is 22.3 Å². The van der Waals surface area contributed by atoms with Crippen molar-refractivity contribution in [2.75, 3.05) is 23.7 Å². The third kappa shape index (κ3) is 5.53. The Morgan fingerprint density at radius 2 is 1.48 bits per heavy atom. The normalized spacial score (nSPS) is 12.6. The number of azo groups is 1. The molecule has 0 amide bonds. The smallest absolute Gasteiger partial charge is 0.158 e. The van der Waals surface area contributed by atoms with E-state index in [2.05, 4.69) is 31.9 Å². The average molecular weight is 439 g/mol. The van der Waals surface area contributed by atoms with Crippen LogP contribution in [0.1, 0.15) is 41.0 Å². The van der Waals surface area contributed by atoms with Crippen molar-refractivity contribution in [1.82, 2.24) is 4.98 Å². The van der Waals surface area contributed by atoms with Crippen LogP contribution in [0.5, 0.6) is 0 Å². The molecule has 160 valence electrons. The number of hydrogen-bond acceptors (Lipinski definition) is 11. The molecule has 2 atom stereocenters. The summed E-state index contributed by atoms with van der Waals surface area (Å²) >= 11 is 1.05. The van der Waals surface area contributed by atoms with E-state index in [0.717, 1.165) is 11.3 Å². The molecule has 0 bridgehead atoms. The second-order valence-electron chi connectivity index (χ2n) is 6.89. The number of thiophene rings is 1. The Hall–Kier alpha value is -3.56. The van der Waals surface area contributed by atoms with Gasteiger partial charge in [-0.15, -0.1) is 21.6 Å². The number of rotatable bonds is 8. The zero-order valence-corrected chi connectivity index (χ0v) is 18.4. The van der Waals surface area contributed by atoms with Gasteiger partial charge in [-0.3, -0.25) is 0 Å². The Morgan fingerprint density at radius 3 is 2.00 bits per heavy atom. The van der Waals surface area contributed by atoms with Gasteiger partial charge >= 0.3 is 0 Å². The third-order valence-corrected chi connectivity index (χ3v) is 5.32. The highest BCUT2D eigenvalue weighted by Gasteiger charge is 2.19. The van der Waals surface area contributed by atoms with Crippen molar-refractivity contribution >= 4 is 33.7 Å². The molecule has 2 unspecified atom stereocenters. The molecule has 2 rings (SSSR count). The van der Waals surface area contributed by atoms with E-state index in [-0.39, 0.29) is 46.5 Å². The van der Waals surface area contributed by atoms with Crippen LogP contribution < -0.4 is 10.6 Å². The number of aliphatic hydroxyl groups is 2. The average Bonchev–Trinajstić information content (AvgIpc) is 3.04. The SMILES string of the molecule is Cc1c(C#N)sc(N=Nc2c(NCC(C)O)nc(NCC(C)O)c(C#N)c2C)c1C#N. The van der Waals surface area contributed by atoms with Crippen LogP contribution in [0, 0.1) is 47.8 Å². The minimum atomic E-state index is -0.667. The second kappa shape index (κ2) is 10.5. The highest BCUT2D eigenvalue weighted by atomic mass is 32.1. The maximum atomic E-state index is 9.65. The van der Waals surface area contributed by atoms with Gasteiger partial charge in [0.25, 0.3) is 0 Å². The fourth-order valence-corrected chi connectivity index (χ4v) is 3.47. The van der Waals surface area contributed by atoms with Crippen LogP contribution in [0.15, 0.2) is 10.2 Å². The summed E-state index contributed by atoms with van der Waals surface area (Å²) in [6.45, 7) is 6.93. The van der Waals surface area contributed by atoms with Crippen molar-refractivity contribution in [2.24, 2.45) is 10.2 Å². The topological polar surface area (TPSA) is 174 Å². The minimum Gasteiger partial charge on any atom is -0.392 e. The van der Waals surface area contributed by atoms with E-state index in [9.17, 15) is 26.0 Å². The Balaban J connectivity index is 2.60. The maximum absolute atomic E-state index is 9.65. The van der Waals surface area contributed by atoms with Gasteiger partial charge in [-0.1, -0.05) is 0 Å². The first-order valence-electron chi connectivity index (χ1n) is 9.37. The highest BCUT2D eigenvalue weighted by Crippen LogP contribution is 2.38. The van der Waals surface area contributed by atoms with Crippen molar-refractivity contribution in [3.63, 3.8) is 0 Å². The quantitative estimate of drug-likeness (QED) is 0.454. The first-order valence-corrected chi connectivity index (χ1v) is 10.2. The lowest BCUT2D eigenvalue weighted by molar-refractivity contribution is 0.208. The summed E-state index contributed by atoms with van der Waals surface area (Å²) in [5, 5.41) is 62.0. The number of anilines is 2. The zero-order chi connectivity index (χ0) is 23.1. The van der Waals surface area contributed by atoms with Gasteiger partial charge in [0.05, 0.1) is 23.3 Å². The summed E-state index contributed by atoms with van der Waals surface area (Å²) in [4.78, 5) is 4.79. The van der Waals surface area contributed by atoms with Gasteiger partial charge in [0, 0.05) is 18.7 Å². The van der Waals surface area contributed by atoms with E-state index in [0.29, 0.717) is 16.0 Å². The molecule has 10 nitrogen and oxygen atoms in total. The van der Waals surface area contributed by atoms with Crippen molar-refractivity contribution in [3.05, 3.63) is 27.1 Å². The van der Waals surface area contributed by atoms with Gasteiger partial charge in [-0.05, 0) is 33.3 Å². The molecule has 2 heterocycles. The molecule has 0 saturated heterocycles. The number of aromatic nitrogens is 1. The van der Waals surface area contributed by atoms with Gasteiger partial charge in [-0.25, -0.2) is 4.98 Å². The third-order valence-electron chi connectivity index (χ3n) is 4.24. The Kier molecular flexibility index (Phi) is 8.00. The largest absolute Gasteiger partial charge is 0.392 e. The van der Waals surface area contributed by atoms with Gasteiger partial charge in [0.2, 0.25) is 0 Å². The first-order chi connectivity index (χ1) is 14.7. The van der Waals surface area contributed by atoms with Crippen LogP contribution in [0.2, 0.25) is 0 Å². The summed E-state index contributed by atoms with van der Waals surface area (Å²) in [6, 6.07) is 6.16. The van der Waals surface area contributed by atoms with Gasteiger partial charge in [0.15, 0.2) is 10.8 Å². The summed E-state index contributed by atoms with van der Waals surface area (Å²) in [7, 11) is 0. The molecule has 4 N–H and O–H groups in total. The van der Waals surface area contributed by atoms with Gasteiger partial charge in [0.1, 0.15) is 34.6 Å². The van der Waals surface area contributed by atoms with Crippen LogP contribution >= 0.6 is 11.3 Å². The van der Waals surface area contributed by atoms with E-state index in [4.69, 9.17) is 0 Å². The second-order valence-corrected chi connectivity index (χ2v) is 7.89. The monoisotopic (exact) mass is 438 g/mol. The number of nitrogens with one attached hydrogen (secondary N) is 2. The van der Waals surface area contributed by atoms with Crippen molar-refractivity contribution in [2.45, 2.75) is 39.9 Å². The van der Waals surface area contributed by atoms with Crippen LogP contribution in [0.25, 0.3) is 0 Å². The lowest BCUT2D eigenvalue weighted by Gasteiger charge is -2.16. The van der Waals surface area contributed by atoms with Crippen LogP contribution in [-0.2, 0) is 0 Å². The number of nitriles is 3. The van der Waals surface area contributed by atoms with Crippen LogP contribution in [0.3, 0.4) is 0 Å². The molecular formula is C20H22N8O2S. The molecule has 0 aliphatic rings. The molecule has 31 heavy (non-hydrogen) atoms. The van der Waals surface area contributed by atoms with Gasteiger partial charge in [-0.2, -0.15) is 15.8 Å². The molecule has 0 radical (unpaired) electrons. The van der Waals surface area contributed by atoms with Crippen molar-refractivity contribution in [3.8, 4) is 18.2 Å². The lowest BCUT2D eigenvalue weighted by atomic mass is 10.1. The molecule has 0 aliphatic carbocycles. The predicted octanol–water partition coefficient (Wildman–Crippen LogP) is 3.38. The fraction of sp³-hybridized carbons (Fsp3) is 0.400. The van der Waals surface area contributed by atoms with Crippen molar-refractivity contribution < 1.29 is 10.2 Å². The standard InChI is InChI=1S/C20H22N8O2S/c1-10(29)8-24-18-14(5-21)13(4)17(19(26-18)25-9-11(2)30)27-28-20-15(6-22)12(3)16(7-23)31-20/h10-11,29-30H,8-9H2,1-4H3,(H2,24,25,26). The molecule has 11 heteroatoms. The van der Waals surface area contributed by atoms with Gasteiger partial charge < -0.3 is 20.8 Å². The molecular weight excluding hydrogens is 416 g/mol. The van der Waals surface area contributed by atoms with E-state index >= 15 is 0 Å². The molecule has 0 fully saturated rings. The molecule has 0 aliphatic heterocycles. The number of nitrogens with zero attached hydrogens (tertiary/aromatic N) is 6. The fourth-order valence-electron chi connectivity index (χ4n) is 2.60. The molecule has 0 aromatic carbocycles. The summed E-state index contributed by atoms with van der Waals surface area (Å²) in [6.07, 6.45) is -1.32. The molecule has 2 aromatic rings. The Bertz CT molecular complexity index is 1120. The molecule has 0 saturated carbocycles.